The third kappa shape index (κ3) is 5.30. The largest absolute Gasteiger partial charge is 0.573 e. The summed E-state index contributed by atoms with van der Waals surface area (Å²) in [6.07, 6.45) is -2.64. The van der Waals surface area contributed by atoms with Crippen LogP contribution in [-0.2, 0) is 0 Å². The van der Waals surface area contributed by atoms with Crippen LogP contribution in [0.1, 0.15) is 0 Å². The molecule has 1 aromatic heterocycles. The van der Waals surface area contributed by atoms with Gasteiger partial charge in [0.15, 0.2) is 0 Å². The fraction of sp³-hybridized carbons (Fsp3) is 0.182. The summed E-state index contributed by atoms with van der Waals surface area (Å²) >= 11 is 16.5. The van der Waals surface area contributed by atoms with Gasteiger partial charge in [0.1, 0.15) is 17.1 Å². The number of alkyl halides is 6. The number of aromatic nitrogens is 2. The lowest BCUT2D eigenvalue weighted by Gasteiger charge is -2.13. The minimum atomic E-state index is -4.90. The number of ether oxygens (including phenoxy) is 1. The molecule has 2 rings (SSSR count). The van der Waals surface area contributed by atoms with Gasteiger partial charge in [-0.25, -0.2) is 4.98 Å². The smallest absolute Gasteiger partial charge is 0.406 e. The number of hydrogen-bond acceptors (Lipinski definition) is 3. The lowest BCUT2D eigenvalue weighted by molar-refractivity contribution is -0.274. The average molecular weight is 414 g/mol. The van der Waals surface area contributed by atoms with E-state index in [2.05, 4.69) is 9.72 Å². The van der Waals surface area contributed by atoms with Crippen molar-refractivity contribution >= 4 is 46.6 Å². The Hall–Kier alpha value is -0.900. The molecule has 0 radical (unpaired) electrons. The molecule has 0 N–H and O–H groups in total. The third-order valence-electron chi connectivity index (χ3n) is 2.26. The molecule has 0 bridgehead atoms. The lowest BCUT2D eigenvalue weighted by atomic mass is 10.3. The first-order valence-electron chi connectivity index (χ1n) is 5.49. The molecule has 0 aliphatic carbocycles. The molecule has 0 saturated heterocycles. The highest BCUT2D eigenvalue weighted by atomic mass is 35.5. The van der Waals surface area contributed by atoms with Gasteiger partial charge in [-0.15, -0.1) is 13.2 Å². The van der Waals surface area contributed by atoms with E-state index in [1.165, 1.54) is 4.57 Å². The Morgan fingerprint density at radius 1 is 1.09 bits per heavy atom. The normalized spacial score (nSPS) is 12.5. The van der Waals surface area contributed by atoms with Gasteiger partial charge in [-0.3, -0.25) is 0 Å². The van der Waals surface area contributed by atoms with Gasteiger partial charge in [-0.05, 0) is 23.4 Å². The van der Waals surface area contributed by atoms with Crippen molar-refractivity contribution in [3.63, 3.8) is 0 Å². The summed E-state index contributed by atoms with van der Waals surface area (Å²) in [5.74, 6) is -0.613. The molecule has 23 heavy (non-hydrogen) atoms. The van der Waals surface area contributed by atoms with Gasteiger partial charge in [-0.2, -0.15) is 8.78 Å². The second kappa shape index (κ2) is 6.54. The molecule has 0 fully saturated rings. The van der Waals surface area contributed by atoms with Crippen LogP contribution in [0.3, 0.4) is 0 Å². The van der Waals surface area contributed by atoms with Crippen LogP contribution in [0.2, 0.25) is 10.0 Å². The Morgan fingerprint density at radius 2 is 1.65 bits per heavy atom. The van der Waals surface area contributed by atoms with Gasteiger partial charge in [0.2, 0.25) is 0 Å². The first kappa shape index (κ1) is 18.4. The summed E-state index contributed by atoms with van der Waals surface area (Å²) in [6, 6.07) is 1.78. The van der Waals surface area contributed by atoms with E-state index >= 15 is 0 Å². The Balaban J connectivity index is 2.34. The molecule has 1 heterocycles. The zero-order valence-corrected chi connectivity index (χ0v) is 13.6. The molecule has 1 aromatic carbocycles. The highest BCUT2D eigenvalue weighted by molar-refractivity contribution is 8.01. The van der Waals surface area contributed by atoms with E-state index in [-0.39, 0.29) is 32.5 Å². The number of hydrogen-bond donors (Lipinski definition) is 0. The zero-order valence-electron chi connectivity index (χ0n) is 10.5. The SMILES string of the molecule is FC(F)(F)Oc1cc(Cl)c(-n2cnc(SC(F)(F)Cl)c2)c(Cl)c1. The molecule has 12 heteroatoms. The summed E-state index contributed by atoms with van der Waals surface area (Å²) in [5.41, 5.74) is 0.0556. The van der Waals surface area contributed by atoms with Gasteiger partial charge in [-0.1, -0.05) is 23.2 Å². The number of halogens is 8. The fourth-order valence-electron chi connectivity index (χ4n) is 1.58. The maximum atomic E-state index is 12.7. The number of thioether (sulfide) groups is 1. The van der Waals surface area contributed by atoms with E-state index in [1.54, 1.807) is 0 Å². The van der Waals surface area contributed by atoms with Crippen LogP contribution in [0.15, 0.2) is 29.7 Å². The van der Waals surface area contributed by atoms with Crippen molar-refractivity contribution in [1.82, 2.24) is 9.55 Å². The highest BCUT2D eigenvalue weighted by Crippen LogP contribution is 2.40. The average Bonchev–Trinajstić information content (AvgIpc) is 2.71. The number of benzene rings is 1. The monoisotopic (exact) mass is 412 g/mol. The predicted molar refractivity (Wildman–Crippen MR) is 76.9 cm³/mol. The Morgan fingerprint density at radius 3 is 2.13 bits per heavy atom. The second-order valence-corrected chi connectivity index (χ2v) is 6.60. The van der Waals surface area contributed by atoms with Gasteiger partial charge < -0.3 is 9.30 Å². The minimum absolute atomic E-state index is 0.0205. The van der Waals surface area contributed by atoms with Gasteiger partial charge in [0.25, 0.3) is 0 Å². The molecular formula is C11H4Cl3F5N2OS. The van der Waals surface area contributed by atoms with Crippen LogP contribution in [0.4, 0.5) is 22.0 Å². The second-order valence-electron chi connectivity index (χ2n) is 3.95. The molecule has 0 unspecified atom stereocenters. The van der Waals surface area contributed by atoms with Crippen LogP contribution in [0.25, 0.3) is 5.69 Å². The highest BCUT2D eigenvalue weighted by Gasteiger charge is 2.32. The first-order valence-corrected chi connectivity index (χ1v) is 7.44. The molecule has 2 aromatic rings. The molecule has 0 atom stereocenters. The molecule has 3 nitrogen and oxygen atoms in total. The first-order chi connectivity index (χ1) is 10.4. The van der Waals surface area contributed by atoms with Crippen molar-refractivity contribution < 1.29 is 26.7 Å². The lowest BCUT2D eigenvalue weighted by Crippen LogP contribution is -2.17. The van der Waals surface area contributed by atoms with Crippen LogP contribution in [0.5, 0.6) is 5.75 Å². The maximum absolute atomic E-state index is 12.7. The summed E-state index contributed by atoms with van der Waals surface area (Å²) < 4.78 is 63.2. The van der Waals surface area contributed by atoms with Gasteiger partial charge >= 0.3 is 11.1 Å². The molecular weight excluding hydrogens is 410 g/mol. The van der Waals surface area contributed by atoms with Crippen LogP contribution >= 0.6 is 46.6 Å². The molecule has 0 saturated carbocycles. The van der Waals surface area contributed by atoms with Crippen molar-refractivity contribution in [3.05, 3.63) is 34.7 Å². The predicted octanol–water partition coefficient (Wildman–Crippen LogP) is 5.96. The van der Waals surface area contributed by atoms with Crippen LogP contribution < -0.4 is 4.74 Å². The van der Waals surface area contributed by atoms with Crippen molar-refractivity contribution in [1.29, 1.82) is 0 Å². The topological polar surface area (TPSA) is 27.1 Å². The zero-order chi connectivity index (χ0) is 17.4. The van der Waals surface area contributed by atoms with E-state index in [4.69, 9.17) is 34.8 Å². The summed E-state index contributed by atoms with van der Waals surface area (Å²) in [5, 5.41) is -0.514. The molecule has 0 aliphatic rings. The number of nitrogens with zero attached hydrogens (tertiary/aromatic N) is 2. The van der Waals surface area contributed by atoms with Crippen molar-refractivity contribution in [2.24, 2.45) is 0 Å². The summed E-state index contributed by atoms with van der Waals surface area (Å²) in [6.45, 7) is 0. The summed E-state index contributed by atoms with van der Waals surface area (Å²) in [4.78, 5) is 3.67. The number of imidazole rings is 1. The fourth-order valence-corrected chi connectivity index (χ4v) is 2.98. The summed E-state index contributed by atoms with van der Waals surface area (Å²) in [7, 11) is 0. The Bertz CT molecular complexity index is 693. The maximum Gasteiger partial charge on any atom is 0.573 e. The van der Waals surface area contributed by atoms with Crippen LogP contribution in [0, 0.1) is 0 Å². The van der Waals surface area contributed by atoms with E-state index in [0.29, 0.717) is 0 Å². The van der Waals surface area contributed by atoms with E-state index in [0.717, 1.165) is 24.7 Å². The molecule has 0 aliphatic heterocycles. The van der Waals surface area contributed by atoms with Gasteiger partial charge in [0, 0.05) is 18.3 Å². The van der Waals surface area contributed by atoms with Crippen LogP contribution in [-0.4, -0.2) is 20.6 Å². The van der Waals surface area contributed by atoms with E-state index in [9.17, 15) is 22.0 Å². The van der Waals surface area contributed by atoms with Crippen molar-refractivity contribution in [3.8, 4) is 11.4 Å². The standard InChI is InChI=1S/C11H4Cl3F5N2OS/c12-6-1-5(22-11(17,18)19)2-7(13)9(6)21-3-8(20-4-21)23-10(14,15)16/h1-4H. The molecule has 126 valence electrons. The third-order valence-corrected chi connectivity index (χ3v) is 3.72. The molecule has 0 amide bonds. The van der Waals surface area contributed by atoms with Crippen molar-refractivity contribution in [2.45, 2.75) is 16.1 Å². The van der Waals surface area contributed by atoms with Gasteiger partial charge in [0.05, 0.1) is 15.7 Å². The number of rotatable bonds is 4. The Labute approximate surface area is 145 Å². The van der Waals surface area contributed by atoms with E-state index in [1.807, 2.05) is 0 Å². The Kier molecular flexibility index (Phi) is 5.24. The van der Waals surface area contributed by atoms with E-state index < -0.39 is 16.8 Å². The minimum Gasteiger partial charge on any atom is -0.406 e. The van der Waals surface area contributed by atoms with Crippen molar-refractivity contribution in [2.75, 3.05) is 0 Å². The quantitative estimate of drug-likeness (QED) is 0.352. The molecule has 0 spiro atoms.